The van der Waals surface area contributed by atoms with E-state index in [9.17, 15) is 9.59 Å². The van der Waals surface area contributed by atoms with E-state index in [-0.39, 0.29) is 28.6 Å². The van der Waals surface area contributed by atoms with E-state index in [0.29, 0.717) is 50.9 Å². The van der Waals surface area contributed by atoms with Crippen molar-refractivity contribution in [2.45, 2.75) is 13.5 Å². The lowest BCUT2D eigenvalue weighted by molar-refractivity contribution is 0.0697. The smallest absolute Gasteiger partial charge is 0.335 e. The van der Waals surface area contributed by atoms with Gasteiger partial charge in [-0.3, -0.25) is 4.79 Å². The Morgan fingerprint density at radius 3 is 2.59 bits per heavy atom. The third kappa shape index (κ3) is 5.88. The van der Waals surface area contributed by atoms with Crippen LogP contribution in [0.15, 0.2) is 99.2 Å². The minimum Gasteiger partial charge on any atom is -0.490 e. The summed E-state index contributed by atoms with van der Waals surface area (Å²) in [5.41, 5.74) is 2.17. The SMILES string of the molecule is CCOc1cc(C=Nn2c(-c3cc4cc(Cl)ccc4o3)nc3ccccc3c2=O)cc(Cl)c1OCc1ccc(C(=O)O)cc1. The molecule has 9 nitrogen and oxygen atoms in total. The number of para-hydroxylation sites is 1. The first-order chi connectivity index (χ1) is 21.3. The van der Waals surface area contributed by atoms with Crippen LogP contribution >= 0.6 is 23.2 Å². The van der Waals surface area contributed by atoms with Gasteiger partial charge in [0.05, 0.1) is 34.3 Å². The zero-order chi connectivity index (χ0) is 30.8. The summed E-state index contributed by atoms with van der Waals surface area (Å²) >= 11 is 12.8. The Bertz CT molecular complexity index is 2120. The number of rotatable bonds is 9. The summed E-state index contributed by atoms with van der Waals surface area (Å²) in [6.07, 6.45) is 1.48. The fourth-order valence-electron chi connectivity index (χ4n) is 4.60. The van der Waals surface area contributed by atoms with E-state index in [1.165, 1.54) is 23.0 Å². The monoisotopic (exact) mass is 627 g/mol. The predicted octanol–water partition coefficient (Wildman–Crippen LogP) is 7.67. The highest BCUT2D eigenvalue weighted by molar-refractivity contribution is 6.32. The van der Waals surface area contributed by atoms with Gasteiger partial charge < -0.3 is 19.0 Å². The maximum atomic E-state index is 13.6. The van der Waals surface area contributed by atoms with Gasteiger partial charge >= 0.3 is 5.97 Å². The van der Waals surface area contributed by atoms with Crippen molar-refractivity contribution in [3.63, 3.8) is 0 Å². The first kappa shape index (κ1) is 29.0. The molecule has 0 amide bonds. The summed E-state index contributed by atoms with van der Waals surface area (Å²) in [7, 11) is 0. The maximum Gasteiger partial charge on any atom is 0.335 e. The standard InChI is InChI=1S/C33H23Cl2N3O6/c1-2-42-28-14-20(13-25(35)30(28)43-18-19-7-9-21(10-8-19)33(40)41)17-36-38-31(37-26-6-4-3-5-24(26)32(38)39)29-16-22-15-23(34)11-12-27(22)44-29/h3-17H,2,18H2,1H3,(H,40,41). The molecule has 0 aliphatic heterocycles. The van der Waals surface area contributed by atoms with Crippen LogP contribution in [-0.2, 0) is 6.61 Å². The zero-order valence-electron chi connectivity index (χ0n) is 23.2. The van der Waals surface area contributed by atoms with E-state index in [1.54, 1.807) is 72.8 Å². The number of carbonyl (C=O) groups is 1. The fourth-order valence-corrected chi connectivity index (χ4v) is 5.06. The van der Waals surface area contributed by atoms with Gasteiger partial charge in [-0.05, 0) is 78.7 Å². The number of aromatic nitrogens is 2. The molecule has 0 atom stereocenters. The molecule has 0 aliphatic rings. The summed E-state index contributed by atoms with van der Waals surface area (Å²) in [4.78, 5) is 29.5. The van der Waals surface area contributed by atoms with Gasteiger partial charge in [0.1, 0.15) is 12.2 Å². The number of hydrogen-bond donors (Lipinski definition) is 1. The first-order valence-electron chi connectivity index (χ1n) is 13.5. The summed E-state index contributed by atoms with van der Waals surface area (Å²) in [5, 5.41) is 15.6. The van der Waals surface area contributed by atoms with Gasteiger partial charge in [0.15, 0.2) is 17.3 Å². The average Bonchev–Trinajstić information content (AvgIpc) is 3.43. The van der Waals surface area contributed by atoms with Crippen molar-refractivity contribution in [2.75, 3.05) is 6.61 Å². The molecule has 0 fully saturated rings. The van der Waals surface area contributed by atoms with Crippen molar-refractivity contribution in [2.24, 2.45) is 5.10 Å². The van der Waals surface area contributed by atoms with Gasteiger partial charge in [0.2, 0.25) is 5.82 Å². The van der Waals surface area contributed by atoms with E-state index in [4.69, 9.17) is 47.2 Å². The Hall–Kier alpha value is -5.12. The normalized spacial score (nSPS) is 11.4. The molecule has 6 rings (SSSR count). The van der Waals surface area contributed by atoms with Crippen LogP contribution in [0.3, 0.4) is 0 Å². The number of hydrogen-bond acceptors (Lipinski definition) is 7. The van der Waals surface area contributed by atoms with E-state index < -0.39 is 5.97 Å². The quantitative estimate of drug-likeness (QED) is 0.163. The van der Waals surface area contributed by atoms with E-state index in [1.807, 2.05) is 6.92 Å². The van der Waals surface area contributed by atoms with Gasteiger partial charge in [-0.15, -0.1) is 0 Å². The van der Waals surface area contributed by atoms with Crippen LogP contribution in [0.25, 0.3) is 33.5 Å². The summed E-state index contributed by atoms with van der Waals surface area (Å²) in [6, 6.07) is 23.7. The average molecular weight is 628 g/mol. The predicted molar refractivity (Wildman–Crippen MR) is 170 cm³/mol. The molecule has 0 saturated carbocycles. The van der Waals surface area contributed by atoms with Gasteiger partial charge in [-0.1, -0.05) is 47.5 Å². The number of fused-ring (bicyclic) bond motifs is 2. The van der Waals surface area contributed by atoms with Gasteiger partial charge in [-0.2, -0.15) is 9.78 Å². The molecule has 6 aromatic rings. The maximum absolute atomic E-state index is 13.6. The van der Waals surface area contributed by atoms with Crippen molar-refractivity contribution in [1.29, 1.82) is 0 Å². The second-order valence-electron chi connectivity index (χ2n) is 9.66. The molecule has 11 heteroatoms. The highest BCUT2D eigenvalue weighted by Crippen LogP contribution is 2.37. The van der Waals surface area contributed by atoms with Crippen molar-refractivity contribution >= 4 is 57.3 Å². The molecule has 0 saturated heterocycles. The number of nitrogens with zero attached hydrogens (tertiary/aromatic N) is 3. The molecule has 0 unspecified atom stereocenters. The van der Waals surface area contributed by atoms with Gasteiger partial charge in [0.25, 0.3) is 5.56 Å². The van der Waals surface area contributed by atoms with Crippen LogP contribution in [0.2, 0.25) is 10.0 Å². The number of ether oxygens (including phenoxy) is 2. The molecular formula is C33H23Cl2N3O6. The second-order valence-corrected chi connectivity index (χ2v) is 10.5. The summed E-state index contributed by atoms with van der Waals surface area (Å²) in [5.74, 6) is 0.242. The molecule has 0 radical (unpaired) electrons. The van der Waals surface area contributed by atoms with Crippen molar-refractivity contribution in [3.8, 4) is 23.1 Å². The Balaban J connectivity index is 1.37. The number of halogens is 2. The Labute approximate surface area is 260 Å². The van der Waals surface area contributed by atoms with E-state index in [2.05, 4.69) is 5.10 Å². The third-order valence-electron chi connectivity index (χ3n) is 6.69. The second kappa shape index (κ2) is 12.2. The minimum atomic E-state index is -1.01. The summed E-state index contributed by atoms with van der Waals surface area (Å²) < 4.78 is 19.0. The number of aromatic carboxylic acids is 1. The minimum absolute atomic E-state index is 0.136. The highest BCUT2D eigenvalue weighted by atomic mass is 35.5. The van der Waals surface area contributed by atoms with Crippen LogP contribution in [-0.4, -0.2) is 33.6 Å². The topological polar surface area (TPSA) is 116 Å². The van der Waals surface area contributed by atoms with Crippen LogP contribution < -0.4 is 15.0 Å². The molecule has 220 valence electrons. The van der Waals surface area contributed by atoms with E-state index in [0.717, 1.165) is 10.9 Å². The fraction of sp³-hybridized carbons (Fsp3) is 0.0909. The molecule has 2 heterocycles. The largest absolute Gasteiger partial charge is 0.490 e. The van der Waals surface area contributed by atoms with Crippen LogP contribution in [0.5, 0.6) is 11.5 Å². The molecule has 0 spiro atoms. The zero-order valence-corrected chi connectivity index (χ0v) is 24.7. The summed E-state index contributed by atoms with van der Waals surface area (Å²) in [6.45, 7) is 2.31. The van der Waals surface area contributed by atoms with Crippen molar-refractivity contribution in [3.05, 3.63) is 122 Å². The van der Waals surface area contributed by atoms with E-state index >= 15 is 0 Å². The molecule has 0 aliphatic carbocycles. The lowest BCUT2D eigenvalue weighted by Gasteiger charge is -2.14. The van der Waals surface area contributed by atoms with Gasteiger partial charge in [-0.25, -0.2) is 9.78 Å². The van der Waals surface area contributed by atoms with Crippen LogP contribution in [0.1, 0.15) is 28.4 Å². The molecule has 2 aromatic heterocycles. The van der Waals surface area contributed by atoms with Crippen LogP contribution in [0.4, 0.5) is 0 Å². The highest BCUT2D eigenvalue weighted by Gasteiger charge is 2.18. The Kier molecular flexibility index (Phi) is 8.06. The molecule has 0 bridgehead atoms. The number of furan rings is 1. The Morgan fingerprint density at radius 1 is 1.02 bits per heavy atom. The van der Waals surface area contributed by atoms with Crippen molar-refractivity contribution < 1.29 is 23.8 Å². The molecule has 4 aromatic carbocycles. The van der Waals surface area contributed by atoms with Crippen LogP contribution in [0, 0.1) is 0 Å². The Morgan fingerprint density at radius 2 is 1.82 bits per heavy atom. The lowest BCUT2D eigenvalue weighted by atomic mass is 10.1. The third-order valence-corrected chi connectivity index (χ3v) is 7.21. The number of carboxylic acids is 1. The number of carboxylic acid groups (broad SMARTS) is 1. The van der Waals surface area contributed by atoms with Gasteiger partial charge in [0, 0.05) is 10.4 Å². The first-order valence-corrected chi connectivity index (χ1v) is 14.2. The van der Waals surface area contributed by atoms with Crippen molar-refractivity contribution in [1.82, 2.24) is 9.66 Å². The number of benzene rings is 4. The molecular weight excluding hydrogens is 605 g/mol. The molecule has 44 heavy (non-hydrogen) atoms. The lowest BCUT2D eigenvalue weighted by Crippen LogP contribution is -2.20. The molecule has 1 N–H and O–H groups in total.